The van der Waals surface area contributed by atoms with E-state index in [2.05, 4.69) is 10.6 Å². The van der Waals surface area contributed by atoms with E-state index in [0.717, 1.165) is 12.1 Å². The Balaban J connectivity index is 2.12. The predicted octanol–water partition coefficient (Wildman–Crippen LogP) is 2.58. The number of nitrogens with one attached hydrogen (secondary N) is 2. The highest BCUT2D eigenvalue weighted by atomic mass is 19.2. The SMILES string of the molecule is CNC(=O)c1ccc(NC(=O)c2ccc(F)c(F)c2)cc1. The molecule has 4 nitrogen and oxygen atoms in total. The third-order valence-electron chi connectivity index (χ3n) is 2.81. The van der Waals surface area contributed by atoms with Gasteiger partial charge in [0, 0.05) is 23.9 Å². The monoisotopic (exact) mass is 290 g/mol. The summed E-state index contributed by atoms with van der Waals surface area (Å²) < 4.78 is 25.9. The zero-order chi connectivity index (χ0) is 15.4. The topological polar surface area (TPSA) is 58.2 Å². The summed E-state index contributed by atoms with van der Waals surface area (Å²) >= 11 is 0. The van der Waals surface area contributed by atoms with Gasteiger partial charge in [-0.2, -0.15) is 0 Å². The molecule has 21 heavy (non-hydrogen) atoms. The van der Waals surface area contributed by atoms with Crippen molar-refractivity contribution < 1.29 is 18.4 Å². The van der Waals surface area contributed by atoms with Crippen LogP contribution in [0.2, 0.25) is 0 Å². The Morgan fingerprint density at radius 2 is 1.48 bits per heavy atom. The van der Waals surface area contributed by atoms with Crippen molar-refractivity contribution in [2.45, 2.75) is 0 Å². The second kappa shape index (κ2) is 6.13. The number of rotatable bonds is 3. The van der Waals surface area contributed by atoms with Crippen LogP contribution in [0.4, 0.5) is 14.5 Å². The van der Waals surface area contributed by atoms with Gasteiger partial charge >= 0.3 is 0 Å². The molecule has 0 heterocycles. The lowest BCUT2D eigenvalue weighted by Gasteiger charge is -2.06. The minimum atomic E-state index is -1.09. The van der Waals surface area contributed by atoms with Gasteiger partial charge in [-0.1, -0.05) is 0 Å². The molecule has 0 aromatic heterocycles. The second-order valence-electron chi connectivity index (χ2n) is 4.24. The summed E-state index contributed by atoms with van der Waals surface area (Å²) in [7, 11) is 1.51. The minimum Gasteiger partial charge on any atom is -0.355 e. The van der Waals surface area contributed by atoms with Gasteiger partial charge in [-0.3, -0.25) is 9.59 Å². The Morgan fingerprint density at radius 3 is 2.05 bits per heavy atom. The van der Waals surface area contributed by atoms with Crippen LogP contribution >= 0.6 is 0 Å². The highest BCUT2D eigenvalue weighted by Crippen LogP contribution is 2.13. The van der Waals surface area contributed by atoms with Gasteiger partial charge in [0.15, 0.2) is 11.6 Å². The van der Waals surface area contributed by atoms with Crippen molar-refractivity contribution in [3.63, 3.8) is 0 Å². The Bertz CT molecular complexity index is 685. The van der Waals surface area contributed by atoms with Crippen LogP contribution < -0.4 is 10.6 Å². The fourth-order valence-electron chi connectivity index (χ4n) is 1.69. The first-order valence-electron chi connectivity index (χ1n) is 6.10. The summed E-state index contributed by atoms with van der Waals surface area (Å²) in [6.07, 6.45) is 0. The lowest BCUT2D eigenvalue weighted by molar-refractivity contribution is 0.0962. The summed E-state index contributed by atoms with van der Waals surface area (Å²) in [6, 6.07) is 9.07. The van der Waals surface area contributed by atoms with Crippen molar-refractivity contribution in [3.05, 3.63) is 65.2 Å². The number of halogens is 2. The lowest BCUT2D eigenvalue weighted by atomic mass is 10.1. The molecule has 0 fully saturated rings. The van der Waals surface area contributed by atoms with Gasteiger partial charge < -0.3 is 10.6 Å². The normalized spacial score (nSPS) is 10.0. The van der Waals surface area contributed by atoms with Crippen LogP contribution in [-0.4, -0.2) is 18.9 Å². The molecule has 2 aromatic rings. The summed E-state index contributed by atoms with van der Waals surface area (Å²) in [5.41, 5.74) is 0.894. The van der Waals surface area contributed by atoms with E-state index in [9.17, 15) is 18.4 Å². The Morgan fingerprint density at radius 1 is 0.857 bits per heavy atom. The highest BCUT2D eigenvalue weighted by Gasteiger charge is 2.10. The number of anilines is 1. The van der Waals surface area contributed by atoms with Gasteiger partial charge in [0.25, 0.3) is 11.8 Å². The van der Waals surface area contributed by atoms with E-state index in [1.807, 2.05) is 0 Å². The first-order valence-corrected chi connectivity index (χ1v) is 6.10. The number of carbonyl (C=O) groups excluding carboxylic acids is 2. The maximum Gasteiger partial charge on any atom is 0.255 e. The Hall–Kier alpha value is -2.76. The van der Waals surface area contributed by atoms with Crippen LogP contribution in [0.1, 0.15) is 20.7 Å². The van der Waals surface area contributed by atoms with E-state index < -0.39 is 17.5 Å². The van der Waals surface area contributed by atoms with Crippen LogP contribution in [0.15, 0.2) is 42.5 Å². The molecule has 108 valence electrons. The van der Waals surface area contributed by atoms with Gasteiger partial charge in [0.1, 0.15) is 0 Å². The van der Waals surface area contributed by atoms with Crippen molar-refractivity contribution >= 4 is 17.5 Å². The summed E-state index contributed by atoms with van der Waals surface area (Å²) in [5, 5.41) is 5.00. The van der Waals surface area contributed by atoms with E-state index in [1.54, 1.807) is 24.3 Å². The van der Waals surface area contributed by atoms with Crippen LogP contribution in [0.3, 0.4) is 0 Å². The number of benzene rings is 2. The fourth-order valence-corrected chi connectivity index (χ4v) is 1.69. The molecule has 2 amide bonds. The number of hydrogen-bond donors (Lipinski definition) is 2. The van der Waals surface area contributed by atoms with Crippen molar-refractivity contribution in [2.75, 3.05) is 12.4 Å². The smallest absolute Gasteiger partial charge is 0.255 e. The number of carbonyl (C=O) groups is 2. The van der Waals surface area contributed by atoms with Gasteiger partial charge in [-0.05, 0) is 42.5 Å². The maximum atomic E-state index is 13.1. The second-order valence-corrected chi connectivity index (χ2v) is 4.24. The molecule has 2 aromatic carbocycles. The minimum absolute atomic E-state index is 0.00396. The molecule has 2 N–H and O–H groups in total. The molecule has 2 rings (SSSR count). The Kier molecular flexibility index (Phi) is 4.27. The predicted molar refractivity (Wildman–Crippen MR) is 74.1 cm³/mol. The molecule has 0 radical (unpaired) electrons. The molecule has 0 aliphatic heterocycles. The Labute approximate surface area is 119 Å². The van der Waals surface area contributed by atoms with Crippen molar-refractivity contribution in [1.29, 1.82) is 0 Å². The van der Waals surface area contributed by atoms with Crippen LogP contribution in [-0.2, 0) is 0 Å². The number of hydrogen-bond acceptors (Lipinski definition) is 2. The standard InChI is InChI=1S/C15H12F2N2O2/c1-18-14(20)9-2-5-11(6-3-9)19-15(21)10-4-7-12(16)13(17)8-10/h2-8H,1H3,(H,18,20)(H,19,21). The zero-order valence-corrected chi connectivity index (χ0v) is 11.1. The third-order valence-corrected chi connectivity index (χ3v) is 2.81. The van der Waals surface area contributed by atoms with E-state index >= 15 is 0 Å². The average molecular weight is 290 g/mol. The van der Waals surface area contributed by atoms with Gasteiger partial charge in [0.05, 0.1) is 0 Å². The molecule has 0 aliphatic rings. The average Bonchev–Trinajstić information content (AvgIpc) is 2.50. The van der Waals surface area contributed by atoms with E-state index in [0.29, 0.717) is 11.3 Å². The third kappa shape index (κ3) is 3.42. The molecule has 6 heteroatoms. The zero-order valence-electron chi connectivity index (χ0n) is 11.1. The fraction of sp³-hybridized carbons (Fsp3) is 0.0667. The molecule has 0 atom stereocenters. The van der Waals surface area contributed by atoms with Crippen LogP contribution in [0.5, 0.6) is 0 Å². The van der Waals surface area contributed by atoms with E-state index in [-0.39, 0.29) is 11.5 Å². The lowest BCUT2D eigenvalue weighted by Crippen LogP contribution is -2.18. The van der Waals surface area contributed by atoms with Crippen LogP contribution in [0.25, 0.3) is 0 Å². The molecule has 0 saturated carbocycles. The molecule has 0 unspecified atom stereocenters. The molecule has 0 bridgehead atoms. The van der Waals surface area contributed by atoms with Gasteiger partial charge in [0.2, 0.25) is 0 Å². The molecular formula is C15H12F2N2O2. The van der Waals surface area contributed by atoms with Crippen LogP contribution in [0, 0.1) is 11.6 Å². The molecular weight excluding hydrogens is 278 g/mol. The molecule has 0 aliphatic carbocycles. The number of amides is 2. The summed E-state index contributed by atoms with van der Waals surface area (Å²) in [6.45, 7) is 0. The first kappa shape index (κ1) is 14.6. The van der Waals surface area contributed by atoms with Crippen molar-refractivity contribution in [1.82, 2.24) is 5.32 Å². The maximum absolute atomic E-state index is 13.1. The van der Waals surface area contributed by atoms with Crippen molar-refractivity contribution in [2.24, 2.45) is 0 Å². The van der Waals surface area contributed by atoms with Gasteiger partial charge in [-0.15, -0.1) is 0 Å². The molecule has 0 saturated heterocycles. The summed E-state index contributed by atoms with van der Waals surface area (Å²) in [4.78, 5) is 23.2. The quantitative estimate of drug-likeness (QED) is 0.912. The van der Waals surface area contributed by atoms with E-state index in [4.69, 9.17) is 0 Å². The first-order chi connectivity index (χ1) is 10.0. The largest absolute Gasteiger partial charge is 0.355 e. The van der Waals surface area contributed by atoms with Crippen molar-refractivity contribution in [3.8, 4) is 0 Å². The van der Waals surface area contributed by atoms with Gasteiger partial charge in [-0.25, -0.2) is 8.78 Å². The highest BCUT2D eigenvalue weighted by molar-refractivity contribution is 6.04. The van der Waals surface area contributed by atoms with E-state index in [1.165, 1.54) is 13.1 Å². The molecule has 0 spiro atoms. The summed E-state index contributed by atoms with van der Waals surface area (Å²) in [5.74, 6) is -2.91.